The van der Waals surface area contributed by atoms with E-state index in [4.69, 9.17) is 45.0 Å². The zero-order chi connectivity index (χ0) is 70.4. The van der Waals surface area contributed by atoms with Crippen LogP contribution in [0.3, 0.4) is 0 Å². The highest BCUT2D eigenvalue weighted by atomic mass is 35.5. The number of hydrogen-bond donors (Lipinski definition) is 1. The summed E-state index contributed by atoms with van der Waals surface area (Å²) >= 11 is 20.6. The molecule has 3 saturated heterocycles. The number of piperazine rings is 1. The van der Waals surface area contributed by atoms with Crippen molar-refractivity contribution < 1.29 is 36.7 Å². The van der Waals surface area contributed by atoms with Crippen molar-refractivity contribution in [1.29, 1.82) is 0 Å². The number of rotatable bonds is 14. The number of likely N-dealkylation sites (tertiary alicyclic amines) is 1. The van der Waals surface area contributed by atoms with Gasteiger partial charge in [0.05, 0.1) is 55.4 Å². The van der Waals surface area contributed by atoms with Gasteiger partial charge in [-0.15, -0.1) is 30.6 Å². The number of aliphatic hydroxyl groups is 1. The second-order valence-corrected chi connectivity index (χ2v) is 28.2. The van der Waals surface area contributed by atoms with Crippen molar-refractivity contribution in [3.05, 3.63) is 197 Å². The maximum Gasteiger partial charge on any atom is 0.257 e. The van der Waals surface area contributed by atoms with Crippen LogP contribution in [0, 0.1) is 0 Å². The van der Waals surface area contributed by atoms with Crippen LogP contribution in [0.2, 0.25) is 15.1 Å². The van der Waals surface area contributed by atoms with E-state index in [2.05, 4.69) is 35.7 Å². The van der Waals surface area contributed by atoms with Crippen LogP contribution in [0.1, 0.15) is 56.9 Å². The molecule has 12 aromatic rings. The van der Waals surface area contributed by atoms with E-state index in [-0.39, 0.29) is 112 Å². The summed E-state index contributed by atoms with van der Waals surface area (Å²) in [6.07, 6.45) is 0.843. The Labute approximate surface area is 631 Å². The highest BCUT2D eigenvalue weighted by molar-refractivity contribution is 7.91. The number of piperidine rings is 1. The van der Waals surface area contributed by atoms with Crippen molar-refractivity contribution in [2.75, 3.05) is 70.4 Å². The fraction of sp³-hybridized carbons (Fsp3) is 0.308. The molecule has 1 N–H and O–H groups in total. The number of aliphatic hydroxyl groups excluding tert-OH is 1. The molecule has 0 unspecified atom stereocenters. The molecule has 22 nitrogen and oxygen atoms in total. The number of halogens is 5. The number of benzene rings is 6. The van der Waals surface area contributed by atoms with Crippen molar-refractivity contribution in [2.45, 2.75) is 88.6 Å². The second kappa shape index (κ2) is 35.8. The number of aromatic nitrogens is 12. The lowest BCUT2D eigenvalue weighted by atomic mass is 10.1. The van der Waals surface area contributed by atoms with Gasteiger partial charge in [0.1, 0.15) is 53.8 Å². The predicted octanol–water partition coefficient (Wildman–Crippen LogP) is 14.7. The molecule has 9 heterocycles. The molecule has 0 atom stereocenters. The first kappa shape index (κ1) is 81.6. The molecule has 0 saturated carbocycles. The molecule has 556 valence electrons. The van der Waals surface area contributed by atoms with Gasteiger partial charge in [0.2, 0.25) is 17.7 Å². The van der Waals surface area contributed by atoms with Gasteiger partial charge in [0.25, 0.3) is 5.92 Å². The fourth-order valence-electron chi connectivity index (χ4n) is 12.4. The average Bonchev–Trinajstić information content (AvgIpc) is 1.61. The quantitative estimate of drug-likeness (QED) is 0.106. The first-order valence-corrected chi connectivity index (χ1v) is 35.7. The van der Waals surface area contributed by atoms with Gasteiger partial charge in [0.15, 0.2) is 26.8 Å². The van der Waals surface area contributed by atoms with Gasteiger partial charge in [-0.2, -0.15) is 15.3 Å². The minimum atomic E-state index is -3.08. The lowest BCUT2D eigenvalue weighted by molar-refractivity contribution is -0.135. The summed E-state index contributed by atoms with van der Waals surface area (Å²) in [4.78, 5) is 45.7. The molecule has 3 aliphatic heterocycles. The highest BCUT2D eigenvalue weighted by Crippen LogP contribution is 2.41. The summed E-state index contributed by atoms with van der Waals surface area (Å²) in [5, 5.41) is 53.4. The predicted molar refractivity (Wildman–Crippen MR) is 418 cm³/mol. The Morgan fingerprint density at radius 2 is 0.660 bits per heavy atom. The Morgan fingerprint density at radius 1 is 0.406 bits per heavy atom. The minimum Gasteiger partial charge on any atom is -0.393 e. The molecule has 28 heteroatoms. The summed E-state index contributed by atoms with van der Waals surface area (Å²) in [5.41, 5.74) is 9.92. The largest absolute Gasteiger partial charge is 0.393 e. The van der Waals surface area contributed by atoms with Gasteiger partial charge < -0.3 is 19.8 Å². The summed E-state index contributed by atoms with van der Waals surface area (Å²) in [7, 11) is -3.08. The standard InChI is InChI=1S/C26H25ClF2N6O.C24H22ClN5O2.C23H20ClN5O3S.5CH4/c1-26(28,29)17-33-12-14-34(15-13-33)20(36)16-35-25-21(23(32-35)18-8-4-2-5-9-18)22(27)24(30-31-25)19-10-6-3-7-11-19;25-21-20-22(16-7-3-1-4-8-16)28-30(15-19(32)29-13-11-18(31)12-14-29)24(20)27-26-23(21)17-9-5-2-6-10-17;24-20-19-21(16-7-3-1-4-8-16)27-29(15-18(30)28-11-13-33(31,32)14-12-28)23(19)26-25-22(20)17-9-5-2-6-10-17;;;;;/h2-11H,12-17H2,1H3;1-10,18,31H,11-15H2;1-10H,11-15H2;5*1H4. The van der Waals surface area contributed by atoms with Crippen LogP contribution in [0.25, 0.3) is 101 Å². The minimum absolute atomic E-state index is 0. The van der Waals surface area contributed by atoms with Crippen LogP contribution in [0.5, 0.6) is 0 Å². The zero-order valence-electron chi connectivity index (χ0n) is 54.7. The molecule has 0 bridgehead atoms. The number of amides is 3. The Balaban J connectivity index is 0.000000196. The van der Waals surface area contributed by atoms with E-state index in [0.717, 1.165) is 40.3 Å². The number of nitrogens with zero attached hydrogens (tertiary/aromatic N) is 16. The molecule has 106 heavy (non-hydrogen) atoms. The third-order valence-corrected chi connectivity index (χ3v) is 20.4. The van der Waals surface area contributed by atoms with E-state index in [9.17, 15) is 36.7 Å². The van der Waals surface area contributed by atoms with E-state index >= 15 is 0 Å². The SMILES string of the molecule is C.C.C.C.C.CC(F)(F)CN1CCN(C(=O)Cn2nc(-c3ccccc3)c3c(Cl)c(-c4ccccc4)nnc32)CC1.O=C(Cn1nc(-c2ccccc2)c2c(Cl)c(-c3ccccc3)nnc21)N1CCC(O)CC1.O=C(Cn1nc(-c2ccccc2)c2c(Cl)c(-c3ccccc3)nnc21)N1CCS(=O)(=O)CC1. The van der Waals surface area contributed by atoms with Gasteiger partial charge in [-0.05, 0) is 12.8 Å². The smallest absolute Gasteiger partial charge is 0.257 e. The van der Waals surface area contributed by atoms with Crippen LogP contribution in [-0.2, 0) is 43.9 Å². The van der Waals surface area contributed by atoms with Crippen LogP contribution >= 0.6 is 34.8 Å². The summed E-state index contributed by atoms with van der Waals surface area (Å²) < 4.78 is 54.7. The molecule has 3 amide bonds. The van der Waals surface area contributed by atoms with Crippen LogP contribution in [0.4, 0.5) is 8.78 Å². The number of carbonyl (C=O) groups excluding carboxylic acids is 3. The fourth-order valence-corrected chi connectivity index (χ4v) is 14.6. The van der Waals surface area contributed by atoms with Crippen molar-refractivity contribution >= 4 is 95.5 Å². The average molecular weight is 1520 g/mol. The molecule has 0 radical (unpaired) electrons. The lowest BCUT2D eigenvalue weighted by Gasteiger charge is -2.35. The van der Waals surface area contributed by atoms with Crippen molar-refractivity contribution in [3.63, 3.8) is 0 Å². The third-order valence-electron chi connectivity index (χ3n) is 17.7. The molecular formula is C78H87Cl3F2N16O6S. The third kappa shape index (κ3) is 18.4. The molecule has 0 aliphatic carbocycles. The Hall–Kier alpha value is -10.0. The van der Waals surface area contributed by atoms with Crippen molar-refractivity contribution in [1.82, 2.24) is 79.5 Å². The van der Waals surface area contributed by atoms with Gasteiger partial charge in [-0.25, -0.2) is 31.2 Å². The molecular weight excluding hydrogens is 1430 g/mol. The Bertz CT molecular complexity index is 5060. The van der Waals surface area contributed by atoms with E-state index in [1.54, 1.807) is 24.3 Å². The Morgan fingerprint density at radius 3 is 0.934 bits per heavy atom. The van der Waals surface area contributed by atoms with Gasteiger partial charge >= 0.3 is 0 Å². The lowest BCUT2D eigenvalue weighted by Crippen LogP contribution is -2.51. The molecule has 0 spiro atoms. The van der Waals surface area contributed by atoms with E-state index < -0.39 is 15.8 Å². The van der Waals surface area contributed by atoms with Crippen molar-refractivity contribution in [2.24, 2.45) is 0 Å². The molecule has 6 aromatic carbocycles. The van der Waals surface area contributed by atoms with Gasteiger partial charge in [0, 0.05) is 92.7 Å². The number of fused-ring (bicyclic) bond motifs is 3. The maximum atomic E-state index is 13.4. The Kier molecular flexibility index (Phi) is 27.6. The highest BCUT2D eigenvalue weighted by Gasteiger charge is 2.32. The van der Waals surface area contributed by atoms with Crippen LogP contribution in [0.15, 0.2) is 182 Å². The number of hydrogen-bond acceptors (Lipinski definition) is 16. The monoisotopic (exact) mass is 1520 g/mol. The molecule has 15 rings (SSSR count). The number of alkyl halides is 2. The van der Waals surface area contributed by atoms with Gasteiger partial charge in [-0.3, -0.25) is 19.3 Å². The summed E-state index contributed by atoms with van der Waals surface area (Å²) in [6, 6.07) is 57.6. The molecule has 3 aliphatic rings. The van der Waals surface area contributed by atoms with Crippen molar-refractivity contribution in [3.8, 4) is 67.5 Å². The summed E-state index contributed by atoms with van der Waals surface area (Å²) in [5.74, 6) is -3.26. The summed E-state index contributed by atoms with van der Waals surface area (Å²) in [6.45, 7) is 3.49. The number of carbonyl (C=O) groups is 3. The topological polar surface area (TPSA) is 249 Å². The number of sulfone groups is 1. The van der Waals surface area contributed by atoms with E-state index in [0.29, 0.717) is 134 Å². The second-order valence-electron chi connectivity index (χ2n) is 24.8. The molecule has 6 aromatic heterocycles. The molecule has 3 fully saturated rings. The normalized spacial score (nSPS) is 14.4. The maximum absolute atomic E-state index is 13.4. The van der Waals surface area contributed by atoms with Gasteiger partial charge in [-0.1, -0.05) is 254 Å². The zero-order valence-corrected chi connectivity index (χ0v) is 57.7. The first-order valence-electron chi connectivity index (χ1n) is 32.8. The van der Waals surface area contributed by atoms with Crippen LogP contribution in [-0.4, -0.2) is 193 Å². The van der Waals surface area contributed by atoms with E-state index in [1.165, 1.54) is 9.36 Å². The van der Waals surface area contributed by atoms with Crippen LogP contribution < -0.4 is 0 Å². The van der Waals surface area contributed by atoms with E-state index in [1.807, 2.05) is 182 Å². The first-order chi connectivity index (χ1) is 48.8.